The van der Waals surface area contributed by atoms with Gasteiger partial charge in [-0.25, -0.2) is 0 Å². The molecule has 0 amide bonds. The highest BCUT2D eigenvalue weighted by atomic mass is 16.3. The van der Waals surface area contributed by atoms with E-state index < -0.39 is 0 Å². The molecule has 3 aliphatic rings. The first-order valence-electron chi connectivity index (χ1n) is 10.5. The van der Waals surface area contributed by atoms with Crippen molar-refractivity contribution in [3.8, 4) is 5.75 Å². The first-order chi connectivity index (χ1) is 13.1. The molecule has 27 heavy (non-hydrogen) atoms. The summed E-state index contributed by atoms with van der Waals surface area (Å²) in [5.41, 5.74) is 4.04. The van der Waals surface area contributed by atoms with E-state index in [0.29, 0.717) is 35.2 Å². The van der Waals surface area contributed by atoms with Crippen LogP contribution in [0.4, 0.5) is 0 Å². The zero-order valence-electron chi connectivity index (χ0n) is 16.0. The number of carbonyl (C=O) groups is 1. The second-order valence-corrected chi connectivity index (χ2v) is 9.23. The maximum Gasteiger partial charge on any atom is 0.139 e. The number of phenols is 1. The zero-order valence-corrected chi connectivity index (χ0v) is 16.0. The highest BCUT2D eigenvalue weighted by Crippen LogP contribution is 2.61. The van der Waals surface area contributed by atoms with Crippen LogP contribution in [0.25, 0.3) is 0 Å². The molecule has 0 unspecified atom stereocenters. The molecular weight excluding hydrogens is 332 g/mol. The monoisotopic (exact) mass is 360 g/mol. The molecule has 2 aromatic rings. The van der Waals surface area contributed by atoms with Crippen LogP contribution in [0.3, 0.4) is 0 Å². The summed E-state index contributed by atoms with van der Waals surface area (Å²) in [7, 11) is 0. The lowest BCUT2D eigenvalue weighted by Crippen LogP contribution is -2.43. The van der Waals surface area contributed by atoms with Crippen LogP contribution in [0.1, 0.15) is 67.6 Å². The van der Waals surface area contributed by atoms with Crippen LogP contribution in [0.5, 0.6) is 5.75 Å². The van der Waals surface area contributed by atoms with Crippen molar-refractivity contribution in [2.24, 2.45) is 17.3 Å². The predicted molar refractivity (Wildman–Crippen MR) is 107 cm³/mol. The van der Waals surface area contributed by atoms with E-state index in [1.54, 1.807) is 0 Å². The van der Waals surface area contributed by atoms with E-state index in [9.17, 15) is 9.90 Å². The van der Waals surface area contributed by atoms with Crippen molar-refractivity contribution in [2.75, 3.05) is 0 Å². The van der Waals surface area contributed by atoms with Crippen LogP contribution in [0, 0.1) is 17.3 Å². The third-order valence-electron chi connectivity index (χ3n) is 7.94. The lowest BCUT2D eigenvalue weighted by atomic mass is 9.54. The molecule has 0 aliphatic heterocycles. The molecule has 2 aromatic carbocycles. The molecular formula is C25H28O2. The Bertz CT molecular complexity index is 871. The lowest BCUT2D eigenvalue weighted by molar-refractivity contribution is -0.129. The standard InChI is InChI=1S/C25H28O2/c1-25-12-11-20-19-8-7-18(26)15-21(19)17(13-16-5-3-2-4-6-16)14-22(20)23(25)9-10-24(25)27/h2-8,15,17,20,22-23,26H,9-14H2,1H3/t17-,20+,22+,23-,25-/m0/s1. The Labute approximate surface area is 161 Å². The van der Waals surface area contributed by atoms with Gasteiger partial charge < -0.3 is 5.11 Å². The molecule has 2 saturated carbocycles. The van der Waals surface area contributed by atoms with Gasteiger partial charge in [-0.2, -0.15) is 0 Å². The van der Waals surface area contributed by atoms with Crippen molar-refractivity contribution in [3.05, 3.63) is 65.2 Å². The molecule has 5 rings (SSSR count). The molecule has 3 aliphatic carbocycles. The Balaban J connectivity index is 1.55. The van der Waals surface area contributed by atoms with E-state index in [2.05, 4.69) is 43.3 Å². The van der Waals surface area contributed by atoms with Gasteiger partial charge in [0.1, 0.15) is 11.5 Å². The van der Waals surface area contributed by atoms with Crippen LogP contribution < -0.4 is 0 Å². The largest absolute Gasteiger partial charge is 0.508 e. The van der Waals surface area contributed by atoms with Crippen molar-refractivity contribution < 1.29 is 9.90 Å². The smallest absolute Gasteiger partial charge is 0.139 e. The molecule has 0 bridgehead atoms. The summed E-state index contributed by atoms with van der Waals surface area (Å²) in [6.45, 7) is 2.24. The third-order valence-corrected chi connectivity index (χ3v) is 7.94. The Hall–Kier alpha value is -2.09. The Morgan fingerprint density at radius 2 is 1.89 bits per heavy atom. The minimum atomic E-state index is -0.0904. The molecule has 0 aromatic heterocycles. The molecule has 1 N–H and O–H groups in total. The average Bonchev–Trinajstić information content (AvgIpc) is 2.98. The second-order valence-electron chi connectivity index (χ2n) is 9.23. The third kappa shape index (κ3) is 2.64. The topological polar surface area (TPSA) is 37.3 Å². The van der Waals surface area contributed by atoms with Gasteiger partial charge in [0.2, 0.25) is 0 Å². The molecule has 0 spiro atoms. The lowest BCUT2D eigenvalue weighted by Gasteiger charge is -2.50. The van der Waals surface area contributed by atoms with Gasteiger partial charge >= 0.3 is 0 Å². The number of aromatic hydroxyl groups is 1. The fourth-order valence-corrected chi connectivity index (χ4v) is 6.57. The van der Waals surface area contributed by atoms with Gasteiger partial charge in [-0.1, -0.05) is 43.3 Å². The summed E-state index contributed by atoms with van der Waals surface area (Å²) in [4.78, 5) is 12.6. The van der Waals surface area contributed by atoms with Gasteiger partial charge in [0.15, 0.2) is 0 Å². The number of benzene rings is 2. The molecule has 0 heterocycles. The first kappa shape index (κ1) is 17.0. The normalized spacial score (nSPS) is 34.6. The summed E-state index contributed by atoms with van der Waals surface area (Å²) in [5.74, 6) is 2.99. The fraction of sp³-hybridized carbons (Fsp3) is 0.480. The number of carbonyl (C=O) groups excluding carboxylic acids is 1. The number of hydrogen-bond acceptors (Lipinski definition) is 2. The van der Waals surface area contributed by atoms with E-state index in [1.807, 2.05) is 12.1 Å². The van der Waals surface area contributed by atoms with E-state index >= 15 is 0 Å². The van der Waals surface area contributed by atoms with Crippen LogP contribution in [-0.4, -0.2) is 10.9 Å². The highest BCUT2D eigenvalue weighted by Gasteiger charge is 2.55. The molecule has 140 valence electrons. The zero-order chi connectivity index (χ0) is 18.6. The molecule has 0 radical (unpaired) electrons. The van der Waals surface area contributed by atoms with E-state index in [1.165, 1.54) is 16.7 Å². The Kier molecular flexibility index (Phi) is 3.93. The number of ketones is 1. The number of Topliss-reactive ketones (excluding diaryl/α,β-unsaturated/α-hetero) is 1. The van der Waals surface area contributed by atoms with Crippen LogP contribution in [0.15, 0.2) is 48.5 Å². The molecule has 5 atom stereocenters. The molecule has 2 heteroatoms. The van der Waals surface area contributed by atoms with Gasteiger partial charge in [0, 0.05) is 11.8 Å². The maximum absolute atomic E-state index is 12.6. The minimum Gasteiger partial charge on any atom is -0.508 e. The summed E-state index contributed by atoms with van der Waals surface area (Å²) in [6.07, 6.45) is 6.14. The van der Waals surface area contributed by atoms with Crippen molar-refractivity contribution in [1.29, 1.82) is 0 Å². The average molecular weight is 360 g/mol. The highest BCUT2D eigenvalue weighted by molar-refractivity contribution is 5.87. The van der Waals surface area contributed by atoms with Gasteiger partial charge in [-0.05, 0) is 84.6 Å². The van der Waals surface area contributed by atoms with Crippen molar-refractivity contribution >= 4 is 5.78 Å². The van der Waals surface area contributed by atoms with Crippen molar-refractivity contribution in [2.45, 2.75) is 57.3 Å². The summed E-state index contributed by atoms with van der Waals surface area (Å²) >= 11 is 0. The maximum atomic E-state index is 12.6. The summed E-state index contributed by atoms with van der Waals surface area (Å²) in [5, 5.41) is 10.1. The van der Waals surface area contributed by atoms with Crippen molar-refractivity contribution in [1.82, 2.24) is 0 Å². The van der Waals surface area contributed by atoms with E-state index in [0.717, 1.165) is 38.5 Å². The van der Waals surface area contributed by atoms with Gasteiger partial charge in [-0.15, -0.1) is 0 Å². The molecule has 2 fully saturated rings. The molecule has 2 nitrogen and oxygen atoms in total. The first-order valence-corrected chi connectivity index (χ1v) is 10.5. The van der Waals surface area contributed by atoms with Gasteiger partial charge in [0.05, 0.1) is 0 Å². The number of phenolic OH excluding ortho intramolecular Hbond substituents is 1. The van der Waals surface area contributed by atoms with Crippen LogP contribution >= 0.6 is 0 Å². The van der Waals surface area contributed by atoms with Crippen LogP contribution in [0.2, 0.25) is 0 Å². The Morgan fingerprint density at radius 3 is 2.70 bits per heavy atom. The van der Waals surface area contributed by atoms with Gasteiger partial charge in [-0.3, -0.25) is 4.79 Å². The number of rotatable bonds is 2. The molecule has 0 saturated heterocycles. The predicted octanol–water partition coefficient (Wildman–Crippen LogP) is 5.60. The minimum absolute atomic E-state index is 0.0904. The van der Waals surface area contributed by atoms with Gasteiger partial charge in [0.25, 0.3) is 0 Å². The van der Waals surface area contributed by atoms with E-state index in [-0.39, 0.29) is 5.41 Å². The SMILES string of the molecule is C[C@]12CC[C@@H]3c4ccc(O)cc4[C@@H](Cc4ccccc4)C[C@H]3[C@@H]1CCC2=O. The quantitative estimate of drug-likeness (QED) is 0.757. The summed E-state index contributed by atoms with van der Waals surface area (Å²) in [6, 6.07) is 16.7. The number of hydrogen-bond donors (Lipinski definition) is 1. The van der Waals surface area contributed by atoms with Crippen molar-refractivity contribution in [3.63, 3.8) is 0 Å². The number of fused-ring (bicyclic) bond motifs is 5. The summed E-state index contributed by atoms with van der Waals surface area (Å²) < 4.78 is 0. The van der Waals surface area contributed by atoms with E-state index in [4.69, 9.17) is 0 Å². The second kappa shape index (κ2) is 6.22. The van der Waals surface area contributed by atoms with Crippen LogP contribution in [-0.2, 0) is 11.2 Å². The fourth-order valence-electron chi connectivity index (χ4n) is 6.57. The Morgan fingerprint density at radius 1 is 1.07 bits per heavy atom.